The zero-order valence-electron chi connectivity index (χ0n) is 11.5. The number of hydrogen-bond acceptors (Lipinski definition) is 4. The molecular formula is C15H15ClN2O3. The molecule has 0 bridgehead atoms. The summed E-state index contributed by atoms with van der Waals surface area (Å²) in [5, 5.41) is 14.8. The Morgan fingerprint density at radius 1 is 1.24 bits per heavy atom. The van der Waals surface area contributed by atoms with Crippen LogP contribution >= 0.6 is 11.6 Å². The fraction of sp³-hybridized carbons (Fsp3) is 0.200. The molecule has 5 nitrogen and oxygen atoms in total. The summed E-state index contributed by atoms with van der Waals surface area (Å²) in [7, 11) is 1.49. The van der Waals surface area contributed by atoms with Gasteiger partial charge in [-0.3, -0.25) is 10.1 Å². The minimum Gasteiger partial charge on any atom is -0.496 e. The van der Waals surface area contributed by atoms with Gasteiger partial charge in [0.1, 0.15) is 5.75 Å². The van der Waals surface area contributed by atoms with Gasteiger partial charge in [-0.25, -0.2) is 0 Å². The Morgan fingerprint density at radius 3 is 2.67 bits per heavy atom. The van der Waals surface area contributed by atoms with Gasteiger partial charge >= 0.3 is 0 Å². The van der Waals surface area contributed by atoms with Crippen LogP contribution in [0.5, 0.6) is 5.75 Å². The highest BCUT2D eigenvalue weighted by Gasteiger charge is 2.10. The minimum atomic E-state index is -0.430. The second kappa shape index (κ2) is 7.06. The summed E-state index contributed by atoms with van der Waals surface area (Å²) < 4.78 is 5.08. The standard InChI is InChI=1S/C15H15ClN2O3/c1-21-14-7-11(6-13(8-14)18(19)20)9-17-10-12-4-2-3-5-15(12)16/h2-8,17H,9-10H2,1H3. The Bertz CT molecular complexity index is 647. The van der Waals surface area contributed by atoms with E-state index >= 15 is 0 Å². The molecule has 2 rings (SSSR count). The third kappa shape index (κ3) is 4.18. The normalized spacial score (nSPS) is 10.4. The Morgan fingerprint density at radius 2 is 2.00 bits per heavy atom. The third-order valence-corrected chi connectivity index (χ3v) is 3.37. The minimum absolute atomic E-state index is 0.0175. The van der Waals surface area contributed by atoms with Crippen molar-refractivity contribution in [2.75, 3.05) is 7.11 Å². The number of non-ortho nitro benzene ring substituents is 1. The Balaban J connectivity index is 2.04. The van der Waals surface area contributed by atoms with E-state index < -0.39 is 4.92 Å². The van der Waals surface area contributed by atoms with Crippen molar-refractivity contribution in [1.82, 2.24) is 5.32 Å². The molecule has 2 aromatic rings. The van der Waals surface area contributed by atoms with Crippen LogP contribution in [0.3, 0.4) is 0 Å². The lowest BCUT2D eigenvalue weighted by Gasteiger charge is -2.08. The molecule has 0 saturated carbocycles. The number of rotatable bonds is 6. The van der Waals surface area contributed by atoms with Crippen molar-refractivity contribution in [2.45, 2.75) is 13.1 Å². The smallest absolute Gasteiger partial charge is 0.273 e. The largest absolute Gasteiger partial charge is 0.496 e. The SMILES string of the molecule is COc1cc(CNCc2ccccc2Cl)cc([N+](=O)[O-])c1. The summed E-state index contributed by atoms with van der Waals surface area (Å²) in [6, 6.07) is 12.3. The van der Waals surface area contributed by atoms with Crippen molar-refractivity contribution in [2.24, 2.45) is 0 Å². The van der Waals surface area contributed by atoms with Crippen molar-refractivity contribution in [3.63, 3.8) is 0 Å². The first-order chi connectivity index (χ1) is 10.1. The molecule has 0 spiro atoms. The molecule has 6 heteroatoms. The van der Waals surface area contributed by atoms with Crippen LogP contribution in [0.4, 0.5) is 5.69 Å². The van der Waals surface area contributed by atoms with Crippen molar-refractivity contribution in [3.05, 3.63) is 68.7 Å². The number of nitrogens with one attached hydrogen (secondary N) is 1. The van der Waals surface area contributed by atoms with Gasteiger partial charge in [-0.05, 0) is 23.3 Å². The lowest BCUT2D eigenvalue weighted by Crippen LogP contribution is -2.13. The van der Waals surface area contributed by atoms with Crippen molar-refractivity contribution in [1.29, 1.82) is 0 Å². The van der Waals surface area contributed by atoms with Gasteiger partial charge in [-0.2, -0.15) is 0 Å². The van der Waals surface area contributed by atoms with Crippen LogP contribution in [0.2, 0.25) is 5.02 Å². The van der Waals surface area contributed by atoms with E-state index in [2.05, 4.69) is 5.32 Å². The molecule has 0 radical (unpaired) electrons. The van der Waals surface area contributed by atoms with E-state index in [0.717, 1.165) is 11.1 Å². The van der Waals surface area contributed by atoms with E-state index in [1.54, 1.807) is 6.07 Å². The maximum Gasteiger partial charge on any atom is 0.273 e. The molecule has 0 aromatic heterocycles. The first-order valence-corrected chi connectivity index (χ1v) is 6.74. The Hall–Kier alpha value is -2.11. The van der Waals surface area contributed by atoms with Gasteiger partial charge in [-0.1, -0.05) is 29.8 Å². The average molecular weight is 307 g/mol. The Kier molecular flexibility index (Phi) is 5.14. The highest BCUT2D eigenvalue weighted by Crippen LogP contribution is 2.22. The van der Waals surface area contributed by atoms with Crippen LogP contribution in [0.15, 0.2) is 42.5 Å². The molecule has 0 aliphatic rings. The summed E-state index contributed by atoms with van der Waals surface area (Å²) in [6.07, 6.45) is 0. The van der Waals surface area contributed by atoms with Crippen LogP contribution in [0, 0.1) is 10.1 Å². The fourth-order valence-electron chi connectivity index (χ4n) is 1.95. The molecule has 0 amide bonds. The summed E-state index contributed by atoms with van der Waals surface area (Å²) in [6.45, 7) is 1.08. The summed E-state index contributed by atoms with van der Waals surface area (Å²) in [5.74, 6) is 0.471. The number of halogens is 1. The third-order valence-electron chi connectivity index (χ3n) is 3.00. The van der Waals surface area contributed by atoms with Gasteiger partial charge in [0.05, 0.1) is 18.1 Å². The van der Waals surface area contributed by atoms with Gasteiger partial charge in [0.15, 0.2) is 0 Å². The van der Waals surface area contributed by atoms with Crippen LogP contribution < -0.4 is 10.1 Å². The molecular weight excluding hydrogens is 292 g/mol. The highest BCUT2D eigenvalue weighted by atomic mass is 35.5. The van der Waals surface area contributed by atoms with Crippen LogP contribution in [-0.2, 0) is 13.1 Å². The van der Waals surface area contributed by atoms with Gasteiger partial charge < -0.3 is 10.1 Å². The number of methoxy groups -OCH3 is 1. The van der Waals surface area contributed by atoms with Gasteiger partial charge in [-0.15, -0.1) is 0 Å². The zero-order valence-corrected chi connectivity index (χ0v) is 12.3. The molecule has 0 aliphatic carbocycles. The van der Waals surface area contributed by atoms with E-state index in [9.17, 15) is 10.1 Å². The Labute approximate surface area is 127 Å². The second-order valence-electron chi connectivity index (χ2n) is 4.49. The summed E-state index contributed by atoms with van der Waals surface area (Å²) in [4.78, 5) is 10.4. The maximum atomic E-state index is 10.9. The number of ether oxygens (including phenoxy) is 1. The fourth-order valence-corrected chi connectivity index (χ4v) is 2.15. The summed E-state index contributed by atoms with van der Waals surface area (Å²) >= 11 is 6.07. The van der Waals surface area contributed by atoms with Crippen molar-refractivity contribution in [3.8, 4) is 5.75 Å². The molecule has 21 heavy (non-hydrogen) atoms. The lowest BCUT2D eigenvalue weighted by molar-refractivity contribution is -0.385. The molecule has 0 fully saturated rings. The van der Waals surface area contributed by atoms with Gasteiger partial charge in [0.2, 0.25) is 0 Å². The quantitative estimate of drug-likeness (QED) is 0.655. The van der Waals surface area contributed by atoms with Crippen molar-refractivity contribution < 1.29 is 9.66 Å². The second-order valence-corrected chi connectivity index (χ2v) is 4.90. The monoisotopic (exact) mass is 306 g/mol. The number of nitrogens with zero attached hydrogens (tertiary/aromatic N) is 1. The predicted molar refractivity (Wildman–Crippen MR) is 81.6 cm³/mol. The summed E-state index contributed by atoms with van der Waals surface area (Å²) in [5.41, 5.74) is 1.79. The average Bonchev–Trinajstić information content (AvgIpc) is 2.49. The van der Waals surface area contributed by atoms with E-state index in [0.29, 0.717) is 23.9 Å². The molecule has 0 saturated heterocycles. The first-order valence-electron chi connectivity index (χ1n) is 6.36. The number of nitro benzene ring substituents is 1. The number of hydrogen-bond donors (Lipinski definition) is 1. The molecule has 0 aliphatic heterocycles. The van der Waals surface area contributed by atoms with Crippen LogP contribution in [0.25, 0.3) is 0 Å². The van der Waals surface area contributed by atoms with E-state index in [1.165, 1.54) is 19.2 Å². The highest BCUT2D eigenvalue weighted by molar-refractivity contribution is 6.31. The first kappa shape index (κ1) is 15.3. The lowest BCUT2D eigenvalue weighted by atomic mass is 10.1. The molecule has 1 N–H and O–H groups in total. The molecule has 2 aromatic carbocycles. The molecule has 0 unspecified atom stereocenters. The van der Waals surface area contributed by atoms with Gasteiger partial charge in [0.25, 0.3) is 5.69 Å². The number of nitro groups is 1. The van der Waals surface area contributed by atoms with Crippen LogP contribution in [-0.4, -0.2) is 12.0 Å². The topological polar surface area (TPSA) is 64.4 Å². The van der Waals surface area contributed by atoms with E-state index in [4.69, 9.17) is 16.3 Å². The van der Waals surface area contributed by atoms with Gasteiger partial charge in [0, 0.05) is 24.2 Å². The van der Waals surface area contributed by atoms with E-state index in [-0.39, 0.29) is 5.69 Å². The molecule has 0 heterocycles. The predicted octanol–water partition coefficient (Wildman–Crippen LogP) is 3.55. The maximum absolute atomic E-state index is 10.9. The molecule has 0 atom stereocenters. The zero-order chi connectivity index (χ0) is 15.2. The van der Waals surface area contributed by atoms with Crippen LogP contribution in [0.1, 0.15) is 11.1 Å². The molecule has 110 valence electrons. The number of benzene rings is 2. The van der Waals surface area contributed by atoms with E-state index in [1.807, 2.05) is 24.3 Å². The van der Waals surface area contributed by atoms with Crippen molar-refractivity contribution >= 4 is 17.3 Å².